The molecule has 0 saturated carbocycles. The van der Waals surface area contributed by atoms with Crippen molar-refractivity contribution in [1.82, 2.24) is 9.62 Å². The molecular weight excluding hydrogens is 466 g/mol. The van der Waals surface area contributed by atoms with Crippen LogP contribution in [0.2, 0.25) is 5.02 Å². The van der Waals surface area contributed by atoms with Crippen LogP contribution in [0.1, 0.15) is 10.4 Å². The Kier molecular flexibility index (Phi) is 7.81. The van der Waals surface area contributed by atoms with Gasteiger partial charge in [-0.1, -0.05) is 23.7 Å². The number of rotatable bonds is 7. The quantitative estimate of drug-likeness (QED) is 0.626. The van der Waals surface area contributed by atoms with Gasteiger partial charge in [-0.2, -0.15) is 16.1 Å². The van der Waals surface area contributed by atoms with Gasteiger partial charge in [0.25, 0.3) is 10.0 Å². The second-order valence-electron chi connectivity index (χ2n) is 6.68. The predicted molar refractivity (Wildman–Crippen MR) is 122 cm³/mol. The summed E-state index contributed by atoms with van der Waals surface area (Å²) in [5.41, 5.74) is 1.24. The summed E-state index contributed by atoms with van der Waals surface area (Å²) in [5.74, 6) is 0.852. The van der Waals surface area contributed by atoms with E-state index >= 15 is 0 Å². The Morgan fingerprint density at radius 2 is 1.80 bits per heavy atom. The van der Waals surface area contributed by atoms with E-state index in [4.69, 9.17) is 11.6 Å². The topological polar surface area (TPSA) is 95.6 Å². The monoisotopic (exact) mass is 487 g/mol. The summed E-state index contributed by atoms with van der Waals surface area (Å²) < 4.78 is 27.3. The number of sulfonamides is 1. The molecule has 30 heavy (non-hydrogen) atoms. The number of hydrogen-bond acceptors (Lipinski definition) is 6. The second kappa shape index (κ2) is 10.1. The number of hydrogen-bond donors (Lipinski definition) is 2. The summed E-state index contributed by atoms with van der Waals surface area (Å²) in [7, 11) is -3.55. The number of carbonyl (C=O) groups is 2. The zero-order valence-electron chi connectivity index (χ0n) is 16.3. The number of thiophene rings is 1. The number of nitrogens with zero attached hydrogens (tertiary/aromatic N) is 1. The fourth-order valence-corrected chi connectivity index (χ4v) is 7.10. The van der Waals surface area contributed by atoms with Gasteiger partial charge >= 0.3 is 0 Å². The third-order valence-corrected chi connectivity index (χ3v) is 9.05. The number of amides is 2. The number of thioether (sulfide) groups is 1. The Balaban J connectivity index is 1.55. The average Bonchev–Trinajstić information content (AvgIpc) is 3.10. The maximum atomic E-state index is 12.8. The molecule has 0 unspecified atom stereocenters. The predicted octanol–water partition coefficient (Wildman–Crippen LogP) is 2.74. The van der Waals surface area contributed by atoms with Gasteiger partial charge in [0.05, 0.1) is 18.7 Å². The van der Waals surface area contributed by atoms with Gasteiger partial charge in [-0.15, -0.1) is 11.3 Å². The summed E-state index contributed by atoms with van der Waals surface area (Å²) in [4.78, 5) is 24.9. The molecule has 1 fully saturated rings. The molecule has 11 heteroatoms. The van der Waals surface area contributed by atoms with E-state index in [-0.39, 0.29) is 23.1 Å². The van der Waals surface area contributed by atoms with Gasteiger partial charge in [0.2, 0.25) is 11.8 Å². The molecule has 0 aliphatic carbocycles. The van der Waals surface area contributed by atoms with Crippen molar-refractivity contribution < 1.29 is 18.0 Å². The lowest BCUT2D eigenvalue weighted by molar-refractivity contribution is -0.123. The number of benzene rings is 1. The summed E-state index contributed by atoms with van der Waals surface area (Å²) >= 11 is 8.69. The Morgan fingerprint density at radius 1 is 1.13 bits per heavy atom. The molecule has 2 aromatic rings. The first-order chi connectivity index (χ1) is 14.3. The molecule has 1 aliphatic heterocycles. The Hall–Kier alpha value is -1.59. The van der Waals surface area contributed by atoms with Crippen LogP contribution in [0.5, 0.6) is 0 Å². The van der Waals surface area contributed by atoms with Crippen molar-refractivity contribution in [1.29, 1.82) is 0 Å². The zero-order valence-corrected chi connectivity index (χ0v) is 19.5. The molecular formula is C19H22ClN3O4S3. The molecule has 2 amide bonds. The minimum absolute atomic E-state index is 0.137. The number of halogens is 1. The molecule has 1 aromatic heterocycles. The van der Waals surface area contributed by atoms with Crippen molar-refractivity contribution in [2.75, 3.05) is 36.5 Å². The molecule has 0 spiro atoms. The molecule has 2 N–H and O–H groups in total. The first-order valence-corrected chi connectivity index (χ1v) is 13.0. The molecule has 0 atom stereocenters. The first kappa shape index (κ1) is 23.1. The smallest absolute Gasteiger partial charge is 0.252 e. The van der Waals surface area contributed by atoms with Crippen LogP contribution in [0.15, 0.2) is 34.5 Å². The maximum absolute atomic E-state index is 12.8. The minimum Gasteiger partial charge on any atom is -0.347 e. The van der Waals surface area contributed by atoms with Crippen LogP contribution in [0.25, 0.3) is 0 Å². The van der Waals surface area contributed by atoms with Gasteiger partial charge in [0.15, 0.2) is 0 Å². The van der Waals surface area contributed by atoms with Gasteiger partial charge in [-0.05, 0) is 30.7 Å². The van der Waals surface area contributed by atoms with Crippen LogP contribution in [-0.2, 0) is 26.0 Å². The van der Waals surface area contributed by atoms with Gasteiger partial charge in [-0.25, -0.2) is 8.42 Å². The SMILES string of the molecule is Cc1sc(S(=O)(=O)N2CCSCC2)cc1NC(=O)CNC(=O)Cc1ccc(Cl)cc1. The van der Waals surface area contributed by atoms with E-state index in [1.54, 1.807) is 43.0 Å². The Labute approximate surface area is 189 Å². The fraction of sp³-hybridized carbons (Fsp3) is 0.368. The van der Waals surface area contributed by atoms with Crippen molar-refractivity contribution in [2.45, 2.75) is 17.6 Å². The van der Waals surface area contributed by atoms with Gasteiger partial charge in [0, 0.05) is 34.5 Å². The molecule has 162 valence electrons. The lowest BCUT2D eigenvalue weighted by Crippen LogP contribution is -2.37. The van der Waals surface area contributed by atoms with Crippen LogP contribution in [-0.4, -0.2) is 55.7 Å². The molecule has 1 aliphatic rings. The van der Waals surface area contributed by atoms with E-state index in [1.807, 2.05) is 0 Å². The van der Waals surface area contributed by atoms with Crippen molar-refractivity contribution >= 4 is 62.2 Å². The summed E-state index contributed by atoms with van der Waals surface area (Å²) in [6, 6.07) is 8.39. The van der Waals surface area contributed by atoms with Crippen LogP contribution in [0.3, 0.4) is 0 Å². The van der Waals surface area contributed by atoms with Crippen LogP contribution in [0, 0.1) is 6.92 Å². The van der Waals surface area contributed by atoms with Crippen molar-refractivity contribution in [3.05, 3.63) is 45.8 Å². The number of anilines is 1. The average molecular weight is 488 g/mol. The Bertz CT molecular complexity index is 1020. The second-order valence-corrected chi connectivity index (χ2v) is 11.8. The third kappa shape index (κ3) is 5.98. The van der Waals surface area contributed by atoms with Crippen molar-refractivity contribution in [3.8, 4) is 0 Å². The Morgan fingerprint density at radius 3 is 2.47 bits per heavy atom. The van der Waals surface area contributed by atoms with Gasteiger partial charge in [0.1, 0.15) is 4.21 Å². The zero-order chi connectivity index (χ0) is 21.7. The summed E-state index contributed by atoms with van der Waals surface area (Å²) in [5, 5.41) is 5.84. The number of carbonyl (C=O) groups excluding carboxylic acids is 2. The molecule has 7 nitrogen and oxygen atoms in total. The van der Waals surface area contributed by atoms with Crippen molar-refractivity contribution in [2.24, 2.45) is 0 Å². The van der Waals surface area contributed by atoms with E-state index < -0.39 is 15.9 Å². The van der Waals surface area contributed by atoms with E-state index in [2.05, 4.69) is 10.6 Å². The summed E-state index contributed by atoms with van der Waals surface area (Å²) in [6.07, 6.45) is 0.137. The lowest BCUT2D eigenvalue weighted by Gasteiger charge is -2.24. The molecule has 0 bridgehead atoms. The fourth-order valence-electron chi connectivity index (χ4n) is 2.84. The number of nitrogens with one attached hydrogen (secondary N) is 2. The largest absolute Gasteiger partial charge is 0.347 e. The van der Waals surface area contributed by atoms with Crippen LogP contribution >= 0.6 is 34.7 Å². The highest BCUT2D eigenvalue weighted by Crippen LogP contribution is 2.32. The standard InChI is InChI=1S/C19H22ClN3O4S3/c1-13-16(11-19(29-13)30(26,27)23-6-8-28-9-7-23)22-18(25)12-21-17(24)10-14-2-4-15(20)5-3-14/h2-5,11H,6-10,12H2,1H3,(H,21,24)(H,22,25). The van der Waals surface area contributed by atoms with Crippen LogP contribution < -0.4 is 10.6 Å². The lowest BCUT2D eigenvalue weighted by atomic mass is 10.1. The first-order valence-electron chi connectivity index (χ1n) is 9.25. The van der Waals surface area contributed by atoms with Crippen molar-refractivity contribution in [3.63, 3.8) is 0 Å². The van der Waals surface area contributed by atoms with Gasteiger partial charge < -0.3 is 10.6 Å². The van der Waals surface area contributed by atoms with E-state index in [1.165, 1.54) is 10.4 Å². The number of aryl methyl sites for hydroxylation is 1. The highest BCUT2D eigenvalue weighted by Gasteiger charge is 2.28. The van der Waals surface area contributed by atoms with E-state index in [0.717, 1.165) is 28.4 Å². The van der Waals surface area contributed by atoms with Crippen LogP contribution in [0.4, 0.5) is 5.69 Å². The molecule has 0 radical (unpaired) electrons. The molecule has 1 aromatic carbocycles. The summed E-state index contributed by atoms with van der Waals surface area (Å²) in [6.45, 7) is 2.54. The third-order valence-electron chi connectivity index (χ3n) is 4.46. The molecule has 1 saturated heterocycles. The highest BCUT2D eigenvalue weighted by molar-refractivity contribution is 7.99. The molecule has 3 rings (SSSR count). The van der Waals surface area contributed by atoms with Gasteiger partial charge in [-0.3, -0.25) is 9.59 Å². The normalized spacial score (nSPS) is 15.0. The van der Waals surface area contributed by atoms with E-state index in [9.17, 15) is 18.0 Å². The minimum atomic E-state index is -3.55. The van der Waals surface area contributed by atoms with E-state index in [0.29, 0.717) is 28.7 Å². The highest BCUT2D eigenvalue weighted by atomic mass is 35.5. The maximum Gasteiger partial charge on any atom is 0.252 e. The molecule has 2 heterocycles.